The number of aromatic nitrogens is 2. The van der Waals surface area contributed by atoms with Gasteiger partial charge in [0.25, 0.3) is 0 Å². The zero-order valence-electron chi connectivity index (χ0n) is 4.43. The highest BCUT2D eigenvalue weighted by molar-refractivity contribution is 5.76. The highest BCUT2D eigenvalue weighted by atomic mass is 16.3. The Morgan fingerprint density at radius 3 is 2.44 bits per heavy atom. The summed E-state index contributed by atoms with van der Waals surface area (Å²) < 4.78 is 0. The van der Waals surface area contributed by atoms with Crippen LogP contribution in [0.25, 0.3) is 0 Å². The van der Waals surface area contributed by atoms with E-state index in [9.17, 15) is 4.79 Å². The largest absolute Gasteiger partial charge is 0.493 e. The van der Waals surface area contributed by atoms with Crippen LogP contribution in [-0.2, 0) is 0 Å². The van der Waals surface area contributed by atoms with Crippen LogP contribution >= 0.6 is 0 Å². The average molecular weight is 127 g/mol. The van der Waals surface area contributed by atoms with Gasteiger partial charge in [0.2, 0.25) is 5.88 Å². The Balaban J connectivity index is 3.31. The van der Waals surface area contributed by atoms with Gasteiger partial charge in [-0.1, -0.05) is 0 Å². The van der Waals surface area contributed by atoms with Gasteiger partial charge in [-0.2, -0.15) is 0 Å². The lowest BCUT2D eigenvalue weighted by Crippen LogP contribution is -2.00. The lowest BCUT2D eigenvalue weighted by atomic mass is 10.5. The first-order valence-corrected chi connectivity index (χ1v) is 2.26. The van der Waals surface area contributed by atoms with Crippen LogP contribution in [0.4, 0.5) is 0 Å². The Kier molecular flexibility index (Phi) is 1.11. The molecular formula is C4H5N3O2. The van der Waals surface area contributed by atoms with E-state index in [0.717, 1.165) is 6.21 Å². The molecule has 5 heteroatoms. The maximum atomic E-state index is 10.3. The van der Waals surface area contributed by atoms with E-state index in [1.165, 1.54) is 0 Å². The molecule has 0 aliphatic heterocycles. The van der Waals surface area contributed by atoms with E-state index in [0.29, 0.717) is 0 Å². The van der Waals surface area contributed by atoms with Crippen LogP contribution in [0, 0.1) is 5.41 Å². The molecule has 0 aromatic carbocycles. The summed E-state index contributed by atoms with van der Waals surface area (Å²) >= 11 is 0. The fraction of sp³-hybridized carbons (Fsp3) is 0. The number of rotatable bonds is 1. The Morgan fingerprint density at radius 2 is 2.22 bits per heavy atom. The summed E-state index contributed by atoms with van der Waals surface area (Å²) in [5.74, 6) is -0.296. The van der Waals surface area contributed by atoms with Gasteiger partial charge >= 0.3 is 5.69 Å². The molecule has 0 spiro atoms. The van der Waals surface area contributed by atoms with Crippen molar-refractivity contribution in [2.45, 2.75) is 0 Å². The maximum Gasteiger partial charge on any atom is 0.326 e. The molecule has 0 saturated carbocycles. The predicted molar refractivity (Wildman–Crippen MR) is 31.0 cm³/mol. The summed E-state index contributed by atoms with van der Waals surface area (Å²) in [5.41, 5.74) is -0.411. The Morgan fingerprint density at radius 1 is 1.56 bits per heavy atom. The molecule has 1 heterocycles. The fourth-order valence-electron chi connectivity index (χ4n) is 0.492. The van der Waals surface area contributed by atoms with E-state index in [2.05, 4.69) is 9.97 Å². The van der Waals surface area contributed by atoms with Gasteiger partial charge in [0.05, 0.1) is 0 Å². The number of hydrogen-bond acceptors (Lipinski definition) is 3. The second-order valence-electron chi connectivity index (χ2n) is 1.49. The molecule has 1 aromatic rings. The maximum absolute atomic E-state index is 10.3. The highest BCUT2D eigenvalue weighted by Crippen LogP contribution is 2.01. The van der Waals surface area contributed by atoms with Gasteiger partial charge in [0.1, 0.15) is 5.69 Å². The zero-order valence-corrected chi connectivity index (χ0v) is 4.43. The van der Waals surface area contributed by atoms with Crippen molar-refractivity contribution in [3.05, 3.63) is 16.2 Å². The van der Waals surface area contributed by atoms with Gasteiger partial charge in [0, 0.05) is 6.21 Å². The van der Waals surface area contributed by atoms with Crippen molar-refractivity contribution in [1.29, 1.82) is 5.41 Å². The summed E-state index contributed by atoms with van der Waals surface area (Å²) in [6, 6.07) is 0. The van der Waals surface area contributed by atoms with Crippen molar-refractivity contribution in [2.24, 2.45) is 0 Å². The molecule has 0 amide bonds. The molecule has 9 heavy (non-hydrogen) atoms. The predicted octanol–water partition coefficient (Wildman–Crippen LogP) is -0.594. The first kappa shape index (κ1) is 5.61. The van der Waals surface area contributed by atoms with Crippen LogP contribution < -0.4 is 5.69 Å². The normalized spacial score (nSPS) is 9.33. The second kappa shape index (κ2) is 1.77. The van der Waals surface area contributed by atoms with Crippen molar-refractivity contribution in [3.8, 4) is 5.88 Å². The van der Waals surface area contributed by atoms with Crippen molar-refractivity contribution in [1.82, 2.24) is 9.97 Å². The minimum absolute atomic E-state index is 0.0972. The summed E-state index contributed by atoms with van der Waals surface area (Å²) in [6.45, 7) is 0. The van der Waals surface area contributed by atoms with Crippen LogP contribution in [0.1, 0.15) is 5.69 Å². The van der Waals surface area contributed by atoms with Gasteiger partial charge in [0.15, 0.2) is 0 Å². The third-order valence-corrected chi connectivity index (χ3v) is 0.880. The highest BCUT2D eigenvalue weighted by Gasteiger charge is 1.98. The molecule has 48 valence electrons. The molecule has 0 saturated heterocycles. The Labute approximate surface area is 49.9 Å². The first-order valence-electron chi connectivity index (χ1n) is 2.26. The number of imidazole rings is 1. The molecular weight excluding hydrogens is 122 g/mol. The van der Waals surface area contributed by atoms with Gasteiger partial charge < -0.3 is 15.5 Å². The molecule has 0 bridgehead atoms. The number of H-pyrrole nitrogens is 2. The minimum Gasteiger partial charge on any atom is -0.493 e. The lowest BCUT2D eigenvalue weighted by molar-refractivity contribution is 0.455. The van der Waals surface area contributed by atoms with Gasteiger partial charge in [-0.05, 0) is 0 Å². The molecule has 0 atom stereocenters. The minimum atomic E-state index is -0.508. The molecule has 0 aliphatic carbocycles. The van der Waals surface area contributed by atoms with Gasteiger partial charge in [-0.25, -0.2) is 4.79 Å². The number of hydrogen-bond donors (Lipinski definition) is 4. The second-order valence-corrected chi connectivity index (χ2v) is 1.49. The van der Waals surface area contributed by atoms with Crippen molar-refractivity contribution in [2.75, 3.05) is 0 Å². The van der Waals surface area contributed by atoms with Gasteiger partial charge in [-0.3, -0.25) is 4.98 Å². The zero-order chi connectivity index (χ0) is 6.85. The lowest BCUT2D eigenvalue weighted by Gasteiger charge is -1.80. The van der Waals surface area contributed by atoms with Crippen LogP contribution in [0.2, 0.25) is 0 Å². The Bertz CT molecular complexity index is 272. The fourth-order valence-corrected chi connectivity index (χ4v) is 0.492. The van der Waals surface area contributed by atoms with Crippen molar-refractivity contribution >= 4 is 6.21 Å². The average Bonchev–Trinajstić information content (AvgIpc) is 2.10. The van der Waals surface area contributed by atoms with E-state index in [4.69, 9.17) is 10.5 Å². The smallest absolute Gasteiger partial charge is 0.326 e. The molecule has 0 aliphatic rings. The first-order chi connectivity index (χ1) is 4.24. The molecule has 4 N–H and O–H groups in total. The Hall–Kier alpha value is -1.52. The van der Waals surface area contributed by atoms with E-state index < -0.39 is 5.69 Å². The van der Waals surface area contributed by atoms with E-state index in [-0.39, 0.29) is 11.6 Å². The topological polar surface area (TPSA) is 92.7 Å². The number of nitrogens with one attached hydrogen (secondary N) is 3. The summed E-state index contributed by atoms with van der Waals surface area (Å²) in [7, 11) is 0. The molecule has 0 radical (unpaired) electrons. The summed E-state index contributed by atoms with van der Waals surface area (Å²) in [4.78, 5) is 14.5. The molecule has 0 fully saturated rings. The van der Waals surface area contributed by atoms with E-state index in [1.54, 1.807) is 0 Å². The standard InChI is InChI=1S/C4H5N3O2/c5-1-2-3(8)7-4(9)6-2/h1,5,8H,(H2,6,7,9). The molecule has 1 aromatic heterocycles. The quantitative estimate of drug-likeness (QED) is 0.379. The van der Waals surface area contributed by atoms with Crippen molar-refractivity contribution < 1.29 is 5.11 Å². The van der Waals surface area contributed by atoms with Crippen LogP contribution in [0.3, 0.4) is 0 Å². The van der Waals surface area contributed by atoms with Crippen LogP contribution in [0.5, 0.6) is 5.88 Å². The monoisotopic (exact) mass is 127 g/mol. The third kappa shape index (κ3) is 0.835. The van der Waals surface area contributed by atoms with Crippen LogP contribution in [0.15, 0.2) is 4.79 Å². The number of aromatic hydroxyl groups is 1. The summed E-state index contributed by atoms with van der Waals surface area (Å²) in [6.07, 6.45) is 0.854. The third-order valence-electron chi connectivity index (χ3n) is 0.880. The van der Waals surface area contributed by atoms with Crippen molar-refractivity contribution in [3.63, 3.8) is 0 Å². The molecule has 0 unspecified atom stereocenters. The summed E-state index contributed by atoms with van der Waals surface area (Å²) in [5, 5.41) is 15.3. The van der Waals surface area contributed by atoms with Crippen LogP contribution in [-0.4, -0.2) is 21.3 Å². The van der Waals surface area contributed by atoms with E-state index >= 15 is 0 Å². The molecule has 1 rings (SSSR count). The molecule has 5 nitrogen and oxygen atoms in total. The SMILES string of the molecule is N=Cc1[nH]c(=O)[nH]c1O. The number of aromatic amines is 2. The van der Waals surface area contributed by atoms with E-state index in [1.807, 2.05) is 0 Å². The van der Waals surface area contributed by atoms with Gasteiger partial charge in [-0.15, -0.1) is 0 Å².